The lowest BCUT2D eigenvalue weighted by Gasteiger charge is -2.14. The van der Waals surface area contributed by atoms with Gasteiger partial charge >= 0.3 is 0 Å². The van der Waals surface area contributed by atoms with Gasteiger partial charge in [-0.25, -0.2) is 9.97 Å². The summed E-state index contributed by atoms with van der Waals surface area (Å²) in [6.07, 6.45) is 3.48. The van der Waals surface area contributed by atoms with E-state index in [9.17, 15) is 0 Å². The number of ether oxygens (including phenoxy) is 3. The maximum Gasteiger partial charge on any atom is 0.203 e. The molecule has 0 unspecified atom stereocenters. The molecule has 2 heterocycles. The molecule has 0 amide bonds. The smallest absolute Gasteiger partial charge is 0.203 e. The van der Waals surface area contributed by atoms with Gasteiger partial charge in [0.05, 0.1) is 26.7 Å². The lowest BCUT2D eigenvalue weighted by molar-refractivity contribution is 0.323. The molecule has 0 saturated heterocycles. The average Bonchev–Trinajstić information content (AvgIpc) is 2.99. The predicted octanol–water partition coefficient (Wildman–Crippen LogP) is 4.49. The molecule has 140 valence electrons. The fourth-order valence-corrected chi connectivity index (χ4v) is 3.09. The van der Waals surface area contributed by atoms with Crippen LogP contribution in [0.25, 0.3) is 11.0 Å². The summed E-state index contributed by atoms with van der Waals surface area (Å²) in [6.45, 7) is 6.58. The van der Waals surface area contributed by atoms with Crippen molar-refractivity contribution < 1.29 is 14.2 Å². The summed E-state index contributed by atoms with van der Waals surface area (Å²) in [6, 6.07) is 3.84. The van der Waals surface area contributed by atoms with Gasteiger partial charge in [0.1, 0.15) is 17.1 Å². The van der Waals surface area contributed by atoms with Crippen LogP contribution >= 0.6 is 11.6 Å². The van der Waals surface area contributed by atoms with Gasteiger partial charge in [-0.05, 0) is 30.2 Å². The van der Waals surface area contributed by atoms with Crippen LogP contribution < -0.4 is 14.2 Å². The van der Waals surface area contributed by atoms with Crippen molar-refractivity contribution in [2.45, 2.75) is 27.3 Å². The van der Waals surface area contributed by atoms with E-state index in [0.29, 0.717) is 28.9 Å². The van der Waals surface area contributed by atoms with Crippen molar-refractivity contribution in [3.63, 3.8) is 0 Å². The van der Waals surface area contributed by atoms with Crippen LogP contribution in [0.3, 0.4) is 0 Å². The Morgan fingerprint density at radius 2 is 1.62 bits per heavy atom. The molecule has 0 saturated carbocycles. The molecular weight excluding hydrogens is 354 g/mol. The lowest BCUT2D eigenvalue weighted by Crippen LogP contribution is -2.02. The fourth-order valence-electron chi connectivity index (χ4n) is 2.82. The molecule has 0 fully saturated rings. The first-order valence-corrected chi connectivity index (χ1v) is 8.71. The Bertz CT molecular complexity index is 868. The fraction of sp³-hybridized carbons (Fsp3) is 0.368. The minimum atomic E-state index is 0.459. The van der Waals surface area contributed by atoms with Crippen molar-refractivity contribution in [1.29, 1.82) is 0 Å². The monoisotopic (exact) mass is 377 g/mol. The van der Waals surface area contributed by atoms with Crippen molar-refractivity contribution in [3.8, 4) is 17.2 Å². The number of aromatic nitrogens is 3. The molecule has 1 aromatic carbocycles. The Hall–Kier alpha value is -2.47. The number of halogens is 1. The summed E-state index contributed by atoms with van der Waals surface area (Å²) in [5, 5.41) is 1.33. The first-order chi connectivity index (χ1) is 12.6. The number of aryl methyl sites for hydroxylation is 1. The van der Waals surface area contributed by atoms with Crippen molar-refractivity contribution in [3.05, 3.63) is 40.9 Å². The molecule has 0 N–H and O–H groups in total. The largest absolute Gasteiger partial charge is 0.493 e. The average molecular weight is 378 g/mol. The highest BCUT2D eigenvalue weighted by Gasteiger charge is 2.15. The van der Waals surface area contributed by atoms with Gasteiger partial charge in [0.2, 0.25) is 5.75 Å². The molecule has 0 aliphatic carbocycles. The summed E-state index contributed by atoms with van der Waals surface area (Å²) < 4.78 is 18.2. The van der Waals surface area contributed by atoms with Crippen LogP contribution in [-0.4, -0.2) is 35.9 Å². The van der Waals surface area contributed by atoms with E-state index in [0.717, 1.165) is 22.2 Å². The number of rotatable bonds is 5. The summed E-state index contributed by atoms with van der Waals surface area (Å²) in [7, 11) is 4.79. The molecule has 0 atom stereocenters. The third-order valence-corrected chi connectivity index (χ3v) is 4.16. The van der Waals surface area contributed by atoms with Gasteiger partial charge in [0, 0.05) is 12.7 Å². The Kier molecular flexibility index (Phi) is 6.69. The Balaban J connectivity index is 0.00000117. The van der Waals surface area contributed by atoms with Crippen molar-refractivity contribution >= 4 is 22.6 Å². The minimum absolute atomic E-state index is 0.459. The molecule has 3 aromatic rings. The van der Waals surface area contributed by atoms with Gasteiger partial charge < -0.3 is 18.8 Å². The van der Waals surface area contributed by atoms with E-state index in [1.165, 1.54) is 6.33 Å². The van der Waals surface area contributed by atoms with Crippen LogP contribution in [-0.2, 0) is 6.54 Å². The number of nitrogens with zero attached hydrogens (tertiary/aromatic N) is 3. The Labute approximate surface area is 158 Å². The molecule has 0 bridgehead atoms. The molecule has 26 heavy (non-hydrogen) atoms. The van der Waals surface area contributed by atoms with E-state index < -0.39 is 0 Å². The highest BCUT2D eigenvalue weighted by atomic mass is 35.5. The van der Waals surface area contributed by atoms with Crippen LogP contribution in [0.2, 0.25) is 5.15 Å². The number of fused-ring (bicyclic) bond motifs is 1. The van der Waals surface area contributed by atoms with Crippen molar-refractivity contribution in [2.75, 3.05) is 21.3 Å². The van der Waals surface area contributed by atoms with Gasteiger partial charge in [0.15, 0.2) is 11.5 Å². The second kappa shape index (κ2) is 8.76. The summed E-state index contributed by atoms with van der Waals surface area (Å²) in [5.74, 6) is 1.81. The van der Waals surface area contributed by atoms with E-state index >= 15 is 0 Å². The summed E-state index contributed by atoms with van der Waals surface area (Å²) in [4.78, 5) is 8.41. The normalized spacial score (nSPS) is 10.3. The molecule has 0 spiro atoms. The van der Waals surface area contributed by atoms with Crippen molar-refractivity contribution in [1.82, 2.24) is 14.5 Å². The summed E-state index contributed by atoms with van der Waals surface area (Å²) in [5.41, 5.74) is 2.82. The number of methoxy groups -OCH3 is 3. The number of hydrogen-bond acceptors (Lipinski definition) is 5. The zero-order valence-electron chi connectivity index (χ0n) is 16.0. The van der Waals surface area contributed by atoms with E-state index in [2.05, 4.69) is 9.97 Å². The van der Waals surface area contributed by atoms with Crippen LogP contribution in [0.15, 0.2) is 24.7 Å². The minimum Gasteiger partial charge on any atom is -0.493 e. The molecule has 0 aliphatic rings. The first-order valence-electron chi connectivity index (χ1n) is 8.33. The van der Waals surface area contributed by atoms with Gasteiger partial charge in [0.25, 0.3) is 0 Å². The second-order valence-corrected chi connectivity index (χ2v) is 5.69. The summed E-state index contributed by atoms with van der Waals surface area (Å²) >= 11 is 6.19. The van der Waals surface area contributed by atoms with Crippen LogP contribution in [0.1, 0.15) is 25.0 Å². The quantitative estimate of drug-likeness (QED) is 0.613. The maximum absolute atomic E-state index is 6.19. The number of hydrogen-bond donors (Lipinski definition) is 0. The van der Waals surface area contributed by atoms with E-state index in [-0.39, 0.29) is 0 Å². The molecule has 6 nitrogen and oxygen atoms in total. The van der Waals surface area contributed by atoms with Crippen LogP contribution in [0.5, 0.6) is 17.2 Å². The Morgan fingerprint density at radius 3 is 2.15 bits per heavy atom. The zero-order chi connectivity index (χ0) is 19.3. The molecule has 0 aliphatic heterocycles. The molecular formula is C19H24ClN3O3. The third-order valence-electron chi connectivity index (χ3n) is 3.87. The topological polar surface area (TPSA) is 58.4 Å². The third kappa shape index (κ3) is 3.70. The van der Waals surface area contributed by atoms with E-state index in [1.807, 2.05) is 43.7 Å². The molecule has 0 radical (unpaired) electrons. The highest BCUT2D eigenvalue weighted by molar-refractivity contribution is 6.34. The van der Waals surface area contributed by atoms with Crippen LogP contribution in [0, 0.1) is 6.92 Å². The van der Waals surface area contributed by atoms with Crippen molar-refractivity contribution in [2.24, 2.45) is 0 Å². The van der Waals surface area contributed by atoms with Gasteiger partial charge in [-0.3, -0.25) is 0 Å². The van der Waals surface area contributed by atoms with Gasteiger partial charge in [-0.1, -0.05) is 25.4 Å². The lowest BCUT2D eigenvalue weighted by atomic mass is 10.1. The van der Waals surface area contributed by atoms with E-state index in [4.69, 9.17) is 25.8 Å². The van der Waals surface area contributed by atoms with Gasteiger partial charge in [-0.2, -0.15) is 0 Å². The Morgan fingerprint density at radius 1 is 1.00 bits per heavy atom. The zero-order valence-corrected chi connectivity index (χ0v) is 16.7. The number of benzene rings is 1. The predicted molar refractivity (Wildman–Crippen MR) is 104 cm³/mol. The maximum atomic E-state index is 6.19. The second-order valence-electron chi connectivity index (χ2n) is 5.34. The molecule has 3 rings (SSSR count). The standard InChI is InChI=1S/C17H18ClN3O3.C2H6/c1-10-7-21(17-14(10)16(18)19-9-20-17)8-11-5-12(22-2)15(24-4)13(6-11)23-3;1-2/h5-7,9H,8H2,1-4H3;1-2H3. The van der Waals surface area contributed by atoms with E-state index in [1.54, 1.807) is 21.3 Å². The van der Waals surface area contributed by atoms with Crippen LogP contribution in [0.4, 0.5) is 0 Å². The highest BCUT2D eigenvalue weighted by Crippen LogP contribution is 2.38. The molecule has 2 aromatic heterocycles. The SMILES string of the molecule is CC.COc1cc(Cn2cc(C)c3c(Cl)ncnc32)cc(OC)c1OC. The van der Waals surface area contributed by atoms with Gasteiger partial charge in [-0.15, -0.1) is 0 Å². The first kappa shape index (κ1) is 19.8. The molecule has 7 heteroatoms.